The Kier molecular flexibility index (Phi) is 6.43. The number of amides is 1. The van der Waals surface area contributed by atoms with Gasteiger partial charge in [-0.2, -0.15) is 4.98 Å². The number of rotatable bonds is 7. The van der Waals surface area contributed by atoms with Crippen molar-refractivity contribution in [2.75, 3.05) is 11.9 Å². The molecular formula is C20H15Cl3N4O2S. The number of thiazole rings is 1. The van der Waals surface area contributed by atoms with E-state index in [1.54, 1.807) is 34.8 Å². The van der Waals surface area contributed by atoms with Crippen LogP contribution in [0, 0.1) is 0 Å². The van der Waals surface area contributed by atoms with E-state index in [1.165, 1.54) is 11.3 Å². The van der Waals surface area contributed by atoms with E-state index >= 15 is 0 Å². The highest BCUT2D eigenvalue weighted by molar-refractivity contribution is 7.15. The number of aromatic nitrogens is 3. The van der Waals surface area contributed by atoms with Gasteiger partial charge < -0.3 is 4.74 Å². The van der Waals surface area contributed by atoms with Crippen LogP contribution in [0.5, 0.6) is 5.75 Å². The number of hydrogen-bond acceptors (Lipinski definition) is 5. The van der Waals surface area contributed by atoms with Crippen LogP contribution in [0.2, 0.25) is 15.1 Å². The lowest BCUT2D eigenvalue weighted by atomic mass is 10.2. The van der Waals surface area contributed by atoms with Crippen molar-refractivity contribution < 1.29 is 9.53 Å². The summed E-state index contributed by atoms with van der Waals surface area (Å²) in [5, 5.41) is 10.7. The Labute approximate surface area is 191 Å². The molecule has 0 spiro atoms. The molecule has 0 unspecified atom stereocenters. The molecule has 1 amide bonds. The predicted molar refractivity (Wildman–Crippen MR) is 121 cm³/mol. The third-order valence-corrected chi connectivity index (χ3v) is 5.87. The number of nitrogens with one attached hydrogen (secondary N) is 1. The zero-order valence-corrected chi connectivity index (χ0v) is 18.5. The van der Waals surface area contributed by atoms with Gasteiger partial charge in [0.15, 0.2) is 0 Å². The van der Waals surface area contributed by atoms with Crippen LogP contribution in [0.4, 0.5) is 5.95 Å². The van der Waals surface area contributed by atoms with Gasteiger partial charge in [0.2, 0.25) is 16.8 Å². The summed E-state index contributed by atoms with van der Waals surface area (Å²) in [6, 6.07) is 12.4. The average molecular weight is 482 g/mol. The smallest absolute Gasteiger partial charge is 0.250 e. The maximum absolute atomic E-state index is 12.2. The molecule has 6 nitrogen and oxygen atoms in total. The van der Waals surface area contributed by atoms with E-state index in [1.807, 2.05) is 17.5 Å². The molecule has 0 bridgehead atoms. The maximum atomic E-state index is 12.2. The summed E-state index contributed by atoms with van der Waals surface area (Å²) in [5.41, 5.74) is 1.50. The van der Waals surface area contributed by atoms with Crippen LogP contribution in [0.25, 0.3) is 16.2 Å². The molecule has 154 valence electrons. The molecule has 2 heterocycles. The first-order chi connectivity index (χ1) is 14.5. The molecule has 0 saturated carbocycles. The number of para-hydroxylation sites is 1. The van der Waals surface area contributed by atoms with Crippen molar-refractivity contribution in [2.45, 2.75) is 12.8 Å². The largest absolute Gasteiger partial charge is 0.492 e. The second kappa shape index (κ2) is 9.22. The van der Waals surface area contributed by atoms with Gasteiger partial charge in [0, 0.05) is 22.4 Å². The quantitative estimate of drug-likeness (QED) is 0.318. The maximum Gasteiger partial charge on any atom is 0.250 e. The Balaban J connectivity index is 1.37. The standard InChI is InChI=1S/C20H15Cl3N4O2S/c21-12-7-8-14(22)13(10-12)16-11-30-20-25-19(26-27(16)20)24-18(28)6-3-9-29-17-5-2-1-4-15(17)23/h1-2,4-5,7-8,10-11H,3,6,9H2,(H,24,26,28). The summed E-state index contributed by atoms with van der Waals surface area (Å²) in [5.74, 6) is 0.638. The summed E-state index contributed by atoms with van der Waals surface area (Å²) in [4.78, 5) is 17.2. The second-order valence-corrected chi connectivity index (χ2v) is 8.39. The zero-order valence-electron chi connectivity index (χ0n) is 15.4. The minimum atomic E-state index is -0.196. The Morgan fingerprint density at radius 1 is 1.13 bits per heavy atom. The predicted octanol–water partition coefficient (Wildman–Crippen LogP) is 6.22. The van der Waals surface area contributed by atoms with E-state index in [0.29, 0.717) is 38.8 Å². The molecule has 0 aliphatic heterocycles. The van der Waals surface area contributed by atoms with Gasteiger partial charge >= 0.3 is 0 Å². The monoisotopic (exact) mass is 480 g/mol. The summed E-state index contributed by atoms with van der Waals surface area (Å²) >= 11 is 19.8. The number of carbonyl (C=O) groups excluding carboxylic acids is 1. The lowest BCUT2D eigenvalue weighted by Gasteiger charge is -2.07. The van der Waals surface area contributed by atoms with Crippen LogP contribution in [-0.4, -0.2) is 27.1 Å². The van der Waals surface area contributed by atoms with Crippen LogP contribution >= 0.6 is 46.1 Å². The Morgan fingerprint density at radius 2 is 1.97 bits per heavy atom. The van der Waals surface area contributed by atoms with Crippen molar-refractivity contribution in [3.63, 3.8) is 0 Å². The van der Waals surface area contributed by atoms with Gasteiger partial charge in [-0.25, -0.2) is 4.52 Å². The van der Waals surface area contributed by atoms with E-state index in [2.05, 4.69) is 15.4 Å². The highest BCUT2D eigenvalue weighted by Crippen LogP contribution is 2.33. The molecule has 2 aromatic carbocycles. The molecule has 4 rings (SSSR count). The first kappa shape index (κ1) is 20.9. The van der Waals surface area contributed by atoms with Crippen molar-refractivity contribution >= 4 is 63.0 Å². The van der Waals surface area contributed by atoms with Crippen molar-refractivity contribution in [2.24, 2.45) is 0 Å². The first-order valence-electron chi connectivity index (χ1n) is 8.98. The van der Waals surface area contributed by atoms with Crippen LogP contribution in [0.3, 0.4) is 0 Å². The van der Waals surface area contributed by atoms with Crippen LogP contribution in [0.15, 0.2) is 47.8 Å². The van der Waals surface area contributed by atoms with Gasteiger partial charge in [-0.15, -0.1) is 16.4 Å². The fourth-order valence-corrected chi connectivity index (χ4v) is 4.18. The first-order valence-corrected chi connectivity index (χ1v) is 11.0. The second-order valence-electron chi connectivity index (χ2n) is 6.31. The van der Waals surface area contributed by atoms with E-state index in [4.69, 9.17) is 39.5 Å². The van der Waals surface area contributed by atoms with Gasteiger partial charge in [0.1, 0.15) is 5.75 Å². The Bertz CT molecular complexity index is 1210. The van der Waals surface area contributed by atoms with Gasteiger partial charge in [-0.05, 0) is 36.8 Å². The van der Waals surface area contributed by atoms with Gasteiger partial charge in [0.05, 0.1) is 22.3 Å². The number of carbonyl (C=O) groups is 1. The molecular weight excluding hydrogens is 467 g/mol. The number of nitrogens with zero attached hydrogens (tertiary/aromatic N) is 3. The number of anilines is 1. The molecule has 4 aromatic rings. The summed E-state index contributed by atoms with van der Waals surface area (Å²) in [7, 11) is 0. The van der Waals surface area contributed by atoms with E-state index in [-0.39, 0.29) is 18.3 Å². The van der Waals surface area contributed by atoms with E-state index in [9.17, 15) is 4.79 Å². The molecule has 0 fully saturated rings. The van der Waals surface area contributed by atoms with Crippen LogP contribution in [0.1, 0.15) is 12.8 Å². The molecule has 0 atom stereocenters. The van der Waals surface area contributed by atoms with Crippen molar-refractivity contribution in [3.8, 4) is 17.0 Å². The Hall–Kier alpha value is -2.32. The molecule has 30 heavy (non-hydrogen) atoms. The van der Waals surface area contributed by atoms with Gasteiger partial charge in [-0.3, -0.25) is 10.1 Å². The van der Waals surface area contributed by atoms with Crippen molar-refractivity contribution in [3.05, 3.63) is 62.9 Å². The molecule has 0 aliphatic carbocycles. The molecule has 10 heteroatoms. The molecule has 2 aromatic heterocycles. The number of hydrogen-bond donors (Lipinski definition) is 1. The number of halogens is 3. The van der Waals surface area contributed by atoms with E-state index in [0.717, 1.165) is 11.3 Å². The summed E-state index contributed by atoms with van der Waals surface area (Å²) in [6.45, 7) is 0.375. The van der Waals surface area contributed by atoms with E-state index < -0.39 is 0 Å². The van der Waals surface area contributed by atoms with Crippen LogP contribution in [-0.2, 0) is 4.79 Å². The molecule has 1 N–H and O–H groups in total. The van der Waals surface area contributed by atoms with Gasteiger partial charge in [-0.1, -0.05) is 46.9 Å². The lowest BCUT2D eigenvalue weighted by molar-refractivity contribution is -0.116. The lowest BCUT2D eigenvalue weighted by Crippen LogP contribution is -2.14. The minimum Gasteiger partial charge on any atom is -0.492 e. The van der Waals surface area contributed by atoms with Crippen molar-refractivity contribution in [1.82, 2.24) is 14.6 Å². The number of fused-ring (bicyclic) bond motifs is 1. The summed E-state index contributed by atoms with van der Waals surface area (Å²) in [6.07, 6.45) is 0.799. The Morgan fingerprint density at radius 3 is 2.80 bits per heavy atom. The normalized spacial score (nSPS) is 11.0. The molecule has 0 radical (unpaired) electrons. The molecule has 0 saturated heterocycles. The van der Waals surface area contributed by atoms with Crippen molar-refractivity contribution in [1.29, 1.82) is 0 Å². The summed E-state index contributed by atoms with van der Waals surface area (Å²) < 4.78 is 7.23. The average Bonchev–Trinajstić information content (AvgIpc) is 3.28. The van der Waals surface area contributed by atoms with Crippen LogP contribution < -0.4 is 10.1 Å². The highest BCUT2D eigenvalue weighted by atomic mass is 35.5. The topological polar surface area (TPSA) is 68.5 Å². The number of benzene rings is 2. The molecule has 0 aliphatic rings. The van der Waals surface area contributed by atoms with Gasteiger partial charge in [0.25, 0.3) is 0 Å². The highest BCUT2D eigenvalue weighted by Gasteiger charge is 2.15. The third kappa shape index (κ3) is 4.70. The zero-order chi connectivity index (χ0) is 21.1. The minimum absolute atomic E-state index is 0.196. The third-order valence-electron chi connectivity index (χ3n) is 4.18. The fraction of sp³-hybridized carbons (Fsp3) is 0.150. The fourth-order valence-electron chi connectivity index (χ4n) is 2.78. The number of ether oxygens (including phenoxy) is 1. The SMILES string of the molecule is O=C(CCCOc1ccccc1Cl)Nc1nc2scc(-c3cc(Cl)ccc3Cl)n2n1.